The number of hydrogen-bond donors (Lipinski definition) is 2. The SMILES string of the molecule is CC1CN(Cc2c[nH]nc2-c2ccc(-c3nnn[nH]3)cc2)CCN1c1ccc(C(F)(F)F)cn1. The van der Waals surface area contributed by atoms with Crippen molar-refractivity contribution in [3.63, 3.8) is 0 Å². The van der Waals surface area contributed by atoms with Crippen LogP contribution in [0.2, 0.25) is 0 Å². The predicted molar refractivity (Wildman–Crippen MR) is 119 cm³/mol. The number of tetrazole rings is 1. The molecule has 0 bridgehead atoms. The highest BCUT2D eigenvalue weighted by Crippen LogP contribution is 2.30. The number of nitrogens with one attached hydrogen (secondary N) is 2. The van der Waals surface area contributed by atoms with Gasteiger partial charge in [0.2, 0.25) is 0 Å². The number of piperazine rings is 1. The number of anilines is 1. The molecule has 4 heterocycles. The largest absolute Gasteiger partial charge is 0.417 e. The number of pyridine rings is 1. The van der Waals surface area contributed by atoms with Gasteiger partial charge in [-0.25, -0.2) is 10.1 Å². The van der Waals surface area contributed by atoms with Crippen molar-refractivity contribution >= 4 is 5.82 Å². The molecule has 1 aromatic carbocycles. The number of aromatic nitrogens is 7. The van der Waals surface area contributed by atoms with E-state index in [1.165, 1.54) is 6.07 Å². The molecule has 1 fully saturated rings. The molecule has 34 heavy (non-hydrogen) atoms. The molecular formula is C22H22F3N9. The summed E-state index contributed by atoms with van der Waals surface area (Å²) in [6.07, 6.45) is -1.58. The number of alkyl halides is 3. The van der Waals surface area contributed by atoms with Gasteiger partial charge in [-0.1, -0.05) is 24.3 Å². The Hall–Kier alpha value is -3.80. The zero-order valence-corrected chi connectivity index (χ0v) is 18.3. The van der Waals surface area contributed by atoms with Crippen LogP contribution in [0.15, 0.2) is 48.8 Å². The lowest BCUT2D eigenvalue weighted by molar-refractivity contribution is -0.137. The fourth-order valence-corrected chi connectivity index (χ4v) is 4.23. The Morgan fingerprint density at radius 1 is 1.06 bits per heavy atom. The van der Waals surface area contributed by atoms with Crippen LogP contribution in [-0.2, 0) is 12.7 Å². The Labute approximate surface area is 193 Å². The van der Waals surface area contributed by atoms with Crippen molar-refractivity contribution in [2.45, 2.75) is 25.7 Å². The smallest absolute Gasteiger partial charge is 0.351 e. The van der Waals surface area contributed by atoms with E-state index in [9.17, 15) is 13.2 Å². The maximum Gasteiger partial charge on any atom is 0.417 e. The molecule has 0 amide bonds. The normalized spacial score (nSPS) is 17.3. The second-order valence-electron chi connectivity index (χ2n) is 8.27. The van der Waals surface area contributed by atoms with Gasteiger partial charge in [-0.2, -0.15) is 18.3 Å². The first-order valence-electron chi connectivity index (χ1n) is 10.8. The third kappa shape index (κ3) is 4.49. The van der Waals surface area contributed by atoms with Crippen LogP contribution < -0.4 is 4.90 Å². The van der Waals surface area contributed by atoms with Gasteiger partial charge in [0.1, 0.15) is 5.82 Å². The first-order chi connectivity index (χ1) is 16.4. The van der Waals surface area contributed by atoms with E-state index in [0.717, 1.165) is 47.7 Å². The highest BCUT2D eigenvalue weighted by atomic mass is 19.4. The van der Waals surface area contributed by atoms with E-state index in [0.29, 0.717) is 24.7 Å². The van der Waals surface area contributed by atoms with Crippen LogP contribution in [0, 0.1) is 0 Å². The number of hydrogen-bond acceptors (Lipinski definition) is 7. The van der Waals surface area contributed by atoms with E-state index in [-0.39, 0.29) is 6.04 Å². The minimum atomic E-state index is -4.38. The molecule has 9 nitrogen and oxygen atoms in total. The van der Waals surface area contributed by atoms with E-state index in [1.54, 1.807) is 0 Å². The van der Waals surface area contributed by atoms with Gasteiger partial charge in [-0.05, 0) is 29.5 Å². The maximum atomic E-state index is 12.8. The van der Waals surface area contributed by atoms with E-state index < -0.39 is 11.7 Å². The van der Waals surface area contributed by atoms with Crippen LogP contribution in [0.25, 0.3) is 22.6 Å². The number of rotatable bonds is 5. The lowest BCUT2D eigenvalue weighted by Crippen LogP contribution is -2.51. The number of nitrogens with zero attached hydrogens (tertiary/aromatic N) is 7. The van der Waals surface area contributed by atoms with Gasteiger partial charge >= 0.3 is 6.18 Å². The molecule has 5 rings (SSSR count). The molecule has 0 saturated carbocycles. The zero-order chi connectivity index (χ0) is 23.7. The highest BCUT2D eigenvalue weighted by molar-refractivity contribution is 5.67. The molecule has 0 radical (unpaired) electrons. The Morgan fingerprint density at radius 3 is 2.50 bits per heavy atom. The molecule has 0 aliphatic carbocycles. The zero-order valence-electron chi connectivity index (χ0n) is 18.3. The van der Waals surface area contributed by atoms with Gasteiger partial charge < -0.3 is 4.90 Å². The minimum Gasteiger partial charge on any atom is -0.351 e. The standard InChI is InChI=1S/C22H22F3N9/c1-14-12-33(8-9-34(14)19-7-6-18(11-26-19)22(23,24)25)13-17-10-27-28-20(17)15-2-4-16(5-3-15)21-29-31-32-30-21/h2-7,10-11,14H,8-9,12-13H2,1H3,(H,27,28)(H,29,30,31,32). The van der Waals surface area contributed by atoms with Crippen molar-refractivity contribution in [3.8, 4) is 22.6 Å². The molecule has 4 aromatic rings. The summed E-state index contributed by atoms with van der Waals surface area (Å²) in [5, 5.41) is 21.3. The molecule has 1 aliphatic heterocycles. The fraction of sp³-hybridized carbons (Fsp3) is 0.318. The predicted octanol–water partition coefficient (Wildman–Crippen LogP) is 3.38. The van der Waals surface area contributed by atoms with Gasteiger partial charge in [-0.3, -0.25) is 10.00 Å². The number of aromatic amines is 2. The minimum absolute atomic E-state index is 0.100. The van der Waals surface area contributed by atoms with E-state index in [1.807, 2.05) is 35.4 Å². The Balaban J connectivity index is 1.24. The summed E-state index contributed by atoms with van der Waals surface area (Å²) in [4.78, 5) is 8.42. The van der Waals surface area contributed by atoms with E-state index >= 15 is 0 Å². The van der Waals surface area contributed by atoms with Gasteiger partial charge in [-0.15, -0.1) is 5.10 Å². The molecule has 3 aromatic heterocycles. The number of benzene rings is 1. The van der Waals surface area contributed by atoms with Crippen molar-refractivity contribution in [2.24, 2.45) is 0 Å². The molecule has 1 unspecified atom stereocenters. The van der Waals surface area contributed by atoms with Crippen LogP contribution >= 0.6 is 0 Å². The molecule has 0 spiro atoms. The van der Waals surface area contributed by atoms with E-state index in [2.05, 4.69) is 47.6 Å². The van der Waals surface area contributed by atoms with Crippen LogP contribution in [0.5, 0.6) is 0 Å². The highest BCUT2D eigenvalue weighted by Gasteiger charge is 2.32. The fourth-order valence-electron chi connectivity index (χ4n) is 4.23. The molecule has 1 atom stereocenters. The van der Waals surface area contributed by atoms with Crippen molar-refractivity contribution < 1.29 is 13.2 Å². The topological polar surface area (TPSA) is 103 Å². The Morgan fingerprint density at radius 2 is 1.85 bits per heavy atom. The third-order valence-electron chi connectivity index (χ3n) is 5.97. The lowest BCUT2D eigenvalue weighted by Gasteiger charge is -2.40. The summed E-state index contributed by atoms with van der Waals surface area (Å²) in [6, 6.07) is 10.5. The monoisotopic (exact) mass is 469 g/mol. The molecule has 12 heteroatoms. The van der Waals surface area contributed by atoms with Crippen molar-refractivity contribution in [3.05, 3.63) is 59.9 Å². The summed E-state index contributed by atoms with van der Waals surface area (Å²) < 4.78 is 38.5. The first kappa shape index (κ1) is 22.0. The molecule has 1 aliphatic rings. The van der Waals surface area contributed by atoms with Crippen LogP contribution in [0.1, 0.15) is 18.1 Å². The third-order valence-corrected chi connectivity index (χ3v) is 5.97. The summed E-state index contributed by atoms with van der Waals surface area (Å²) in [5.74, 6) is 1.16. The first-order valence-corrected chi connectivity index (χ1v) is 10.8. The molecular weight excluding hydrogens is 447 g/mol. The molecule has 2 N–H and O–H groups in total. The van der Waals surface area contributed by atoms with Crippen LogP contribution in [0.4, 0.5) is 19.0 Å². The van der Waals surface area contributed by atoms with Crippen molar-refractivity contribution in [1.29, 1.82) is 0 Å². The summed E-state index contributed by atoms with van der Waals surface area (Å²) in [7, 11) is 0. The molecule has 176 valence electrons. The number of H-pyrrole nitrogens is 2. The van der Waals surface area contributed by atoms with Gasteiger partial charge in [0.05, 0.1) is 11.3 Å². The van der Waals surface area contributed by atoms with Crippen molar-refractivity contribution in [1.82, 2.24) is 40.7 Å². The summed E-state index contributed by atoms with van der Waals surface area (Å²) >= 11 is 0. The van der Waals surface area contributed by atoms with Gasteiger partial charge in [0.25, 0.3) is 0 Å². The lowest BCUT2D eigenvalue weighted by atomic mass is 10.0. The average Bonchev–Trinajstić information content (AvgIpc) is 3.51. The quantitative estimate of drug-likeness (QED) is 0.462. The van der Waals surface area contributed by atoms with Crippen LogP contribution in [-0.4, -0.2) is 66.4 Å². The second kappa shape index (κ2) is 8.86. The average molecular weight is 469 g/mol. The van der Waals surface area contributed by atoms with Gasteiger partial charge in [0, 0.05) is 61.3 Å². The Kier molecular flexibility index (Phi) is 5.74. The van der Waals surface area contributed by atoms with Gasteiger partial charge in [0.15, 0.2) is 5.82 Å². The summed E-state index contributed by atoms with van der Waals surface area (Å²) in [5.41, 5.74) is 3.07. The molecule has 1 saturated heterocycles. The maximum absolute atomic E-state index is 12.8. The Bertz CT molecular complexity index is 1220. The summed E-state index contributed by atoms with van der Waals surface area (Å²) in [6.45, 7) is 4.95. The van der Waals surface area contributed by atoms with E-state index in [4.69, 9.17) is 0 Å². The number of halogens is 3. The second-order valence-corrected chi connectivity index (χ2v) is 8.27. The van der Waals surface area contributed by atoms with Crippen LogP contribution in [0.3, 0.4) is 0 Å². The van der Waals surface area contributed by atoms with Crippen molar-refractivity contribution in [2.75, 3.05) is 24.5 Å².